The van der Waals surface area contributed by atoms with Crippen LogP contribution in [-0.4, -0.2) is 48.6 Å². The normalized spacial score (nSPS) is 17.4. The van der Waals surface area contributed by atoms with E-state index >= 15 is 0 Å². The summed E-state index contributed by atoms with van der Waals surface area (Å²) in [5.74, 6) is 2.68. The number of anilines is 2. The highest BCUT2D eigenvalue weighted by Crippen LogP contribution is 2.22. The summed E-state index contributed by atoms with van der Waals surface area (Å²) in [5.41, 5.74) is 1.18. The number of rotatable bonds is 5. The van der Waals surface area contributed by atoms with Crippen molar-refractivity contribution in [3.63, 3.8) is 0 Å². The highest BCUT2D eigenvalue weighted by molar-refractivity contribution is 5.57. The quantitative estimate of drug-likeness (QED) is 0.849. The van der Waals surface area contributed by atoms with Gasteiger partial charge in [-0.3, -0.25) is 0 Å². The zero-order chi connectivity index (χ0) is 13.7. The molecule has 5 heteroatoms. The van der Waals surface area contributed by atoms with Crippen LogP contribution in [0.15, 0.2) is 6.33 Å². The predicted molar refractivity (Wildman–Crippen MR) is 79.7 cm³/mol. The van der Waals surface area contributed by atoms with Crippen LogP contribution < -0.4 is 10.6 Å². The van der Waals surface area contributed by atoms with Gasteiger partial charge < -0.3 is 15.5 Å². The fourth-order valence-corrected chi connectivity index (χ4v) is 2.62. The zero-order valence-electron chi connectivity index (χ0n) is 12.2. The van der Waals surface area contributed by atoms with Gasteiger partial charge in [0.05, 0.1) is 0 Å². The van der Waals surface area contributed by atoms with Gasteiger partial charge in [-0.15, -0.1) is 0 Å². The van der Waals surface area contributed by atoms with Crippen molar-refractivity contribution in [1.29, 1.82) is 0 Å². The first-order chi connectivity index (χ1) is 9.24. The molecule has 0 aliphatic carbocycles. The molecular weight excluding hydrogens is 238 g/mol. The van der Waals surface area contributed by atoms with Crippen LogP contribution >= 0.6 is 0 Å². The van der Waals surface area contributed by atoms with Gasteiger partial charge in [0.1, 0.15) is 18.0 Å². The molecule has 0 spiro atoms. The van der Waals surface area contributed by atoms with Crippen molar-refractivity contribution in [2.24, 2.45) is 5.92 Å². The third-order valence-electron chi connectivity index (χ3n) is 3.93. The first-order valence-electron chi connectivity index (χ1n) is 7.18. The highest BCUT2D eigenvalue weighted by atomic mass is 15.1. The van der Waals surface area contributed by atoms with E-state index in [1.165, 1.54) is 31.5 Å². The standard InChI is InChI=1S/C14H25N5/c1-4-12-13(15-2)17-10-18-14(12)16-9-11-5-7-19(3)8-6-11/h10-11H,4-9H2,1-3H3,(H2,15,16,17,18). The van der Waals surface area contributed by atoms with Crippen LogP contribution in [0.2, 0.25) is 0 Å². The molecule has 19 heavy (non-hydrogen) atoms. The minimum Gasteiger partial charge on any atom is -0.373 e. The van der Waals surface area contributed by atoms with Crippen LogP contribution in [0, 0.1) is 5.92 Å². The smallest absolute Gasteiger partial charge is 0.134 e. The number of likely N-dealkylation sites (tertiary alicyclic amines) is 1. The van der Waals surface area contributed by atoms with E-state index in [1.807, 2.05) is 7.05 Å². The molecule has 0 radical (unpaired) electrons. The topological polar surface area (TPSA) is 53.1 Å². The molecule has 2 rings (SSSR count). The lowest BCUT2D eigenvalue weighted by Crippen LogP contribution is -2.33. The first kappa shape index (κ1) is 14.1. The van der Waals surface area contributed by atoms with Gasteiger partial charge in [-0.05, 0) is 45.3 Å². The Bertz CT molecular complexity index is 399. The molecule has 1 aliphatic rings. The minimum absolute atomic E-state index is 0.758. The lowest BCUT2D eigenvalue weighted by atomic mass is 9.97. The summed E-state index contributed by atoms with van der Waals surface area (Å²) in [5, 5.41) is 6.65. The molecule has 1 aliphatic heterocycles. The van der Waals surface area contributed by atoms with Crippen molar-refractivity contribution in [1.82, 2.24) is 14.9 Å². The molecule has 1 aromatic heterocycles. The summed E-state index contributed by atoms with van der Waals surface area (Å²) in [7, 11) is 4.10. The monoisotopic (exact) mass is 263 g/mol. The SMILES string of the molecule is CCc1c(NC)ncnc1NCC1CCN(C)CC1. The number of nitrogens with one attached hydrogen (secondary N) is 2. The second kappa shape index (κ2) is 6.70. The van der Waals surface area contributed by atoms with Crippen molar-refractivity contribution in [3.05, 3.63) is 11.9 Å². The molecule has 0 bridgehead atoms. The van der Waals surface area contributed by atoms with Crippen LogP contribution in [0.25, 0.3) is 0 Å². The summed E-state index contributed by atoms with van der Waals surface area (Å²) in [4.78, 5) is 11.0. The predicted octanol–water partition coefficient (Wildman–Crippen LogP) is 1.83. The Morgan fingerprint density at radius 1 is 1.26 bits per heavy atom. The Kier molecular flexibility index (Phi) is 4.96. The van der Waals surface area contributed by atoms with Gasteiger partial charge in [-0.2, -0.15) is 0 Å². The number of hydrogen-bond acceptors (Lipinski definition) is 5. The molecule has 1 aromatic rings. The lowest BCUT2D eigenvalue weighted by molar-refractivity contribution is 0.226. The van der Waals surface area contributed by atoms with Crippen molar-refractivity contribution in [2.75, 3.05) is 44.4 Å². The molecule has 0 saturated carbocycles. The fraction of sp³-hybridized carbons (Fsp3) is 0.714. The maximum absolute atomic E-state index is 4.38. The Labute approximate surface area is 115 Å². The van der Waals surface area contributed by atoms with Crippen LogP contribution in [0.3, 0.4) is 0 Å². The summed E-state index contributed by atoms with van der Waals surface area (Å²) >= 11 is 0. The summed E-state index contributed by atoms with van der Waals surface area (Å²) in [6, 6.07) is 0. The molecule has 1 saturated heterocycles. The molecule has 5 nitrogen and oxygen atoms in total. The molecule has 2 N–H and O–H groups in total. The van der Waals surface area contributed by atoms with Gasteiger partial charge >= 0.3 is 0 Å². The van der Waals surface area contributed by atoms with E-state index in [-0.39, 0.29) is 0 Å². The van der Waals surface area contributed by atoms with Crippen LogP contribution in [-0.2, 0) is 6.42 Å². The van der Waals surface area contributed by atoms with E-state index in [2.05, 4.69) is 39.5 Å². The molecule has 106 valence electrons. The van der Waals surface area contributed by atoms with Crippen molar-refractivity contribution in [3.8, 4) is 0 Å². The van der Waals surface area contributed by atoms with Gasteiger partial charge in [0, 0.05) is 19.2 Å². The van der Waals surface area contributed by atoms with Crippen molar-refractivity contribution >= 4 is 11.6 Å². The lowest BCUT2D eigenvalue weighted by Gasteiger charge is -2.29. The van der Waals surface area contributed by atoms with Gasteiger partial charge in [0.2, 0.25) is 0 Å². The third kappa shape index (κ3) is 3.56. The maximum Gasteiger partial charge on any atom is 0.134 e. The van der Waals surface area contributed by atoms with Crippen molar-refractivity contribution < 1.29 is 0 Å². The molecule has 0 amide bonds. The van der Waals surface area contributed by atoms with E-state index in [9.17, 15) is 0 Å². The summed E-state index contributed by atoms with van der Waals surface area (Å²) in [6.07, 6.45) is 5.11. The molecular formula is C14H25N5. The van der Waals surface area contributed by atoms with Gasteiger partial charge in [0.15, 0.2) is 0 Å². The Morgan fingerprint density at radius 2 is 1.95 bits per heavy atom. The third-order valence-corrected chi connectivity index (χ3v) is 3.93. The number of piperidine rings is 1. The van der Waals surface area contributed by atoms with Crippen LogP contribution in [0.4, 0.5) is 11.6 Å². The highest BCUT2D eigenvalue weighted by Gasteiger charge is 2.17. The molecule has 0 atom stereocenters. The number of nitrogens with zero attached hydrogens (tertiary/aromatic N) is 3. The van der Waals surface area contributed by atoms with Crippen LogP contribution in [0.5, 0.6) is 0 Å². The zero-order valence-corrected chi connectivity index (χ0v) is 12.2. The molecule has 2 heterocycles. The maximum atomic E-state index is 4.38. The molecule has 1 fully saturated rings. The minimum atomic E-state index is 0.758. The average molecular weight is 263 g/mol. The van der Waals surface area contributed by atoms with E-state index in [1.54, 1.807) is 6.33 Å². The van der Waals surface area contributed by atoms with Gasteiger partial charge in [-0.1, -0.05) is 6.92 Å². The van der Waals surface area contributed by atoms with E-state index in [0.717, 1.165) is 30.5 Å². The van der Waals surface area contributed by atoms with E-state index < -0.39 is 0 Å². The second-order valence-corrected chi connectivity index (χ2v) is 5.28. The summed E-state index contributed by atoms with van der Waals surface area (Å²) < 4.78 is 0. The Balaban J connectivity index is 1.95. The number of aromatic nitrogens is 2. The van der Waals surface area contributed by atoms with E-state index in [4.69, 9.17) is 0 Å². The summed E-state index contributed by atoms with van der Waals surface area (Å²) in [6.45, 7) is 5.57. The number of hydrogen-bond donors (Lipinski definition) is 2. The average Bonchev–Trinajstić information content (AvgIpc) is 2.46. The van der Waals surface area contributed by atoms with Crippen LogP contribution in [0.1, 0.15) is 25.3 Å². The Morgan fingerprint density at radius 3 is 2.58 bits per heavy atom. The fourth-order valence-electron chi connectivity index (χ4n) is 2.62. The largest absolute Gasteiger partial charge is 0.373 e. The van der Waals surface area contributed by atoms with Crippen molar-refractivity contribution in [2.45, 2.75) is 26.2 Å². The first-order valence-corrected chi connectivity index (χ1v) is 7.18. The molecule has 0 unspecified atom stereocenters. The van der Waals surface area contributed by atoms with E-state index in [0.29, 0.717) is 0 Å². The Hall–Kier alpha value is -1.36. The second-order valence-electron chi connectivity index (χ2n) is 5.28. The molecule has 0 aromatic carbocycles. The van der Waals surface area contributed by atoms with Gasteiger partial charge in [-0.25, -0.2) is 9.97 Å². The van der Waals surface area contributed by atoms with Gasteiger partial charge in [0.25, 0.3) is 0 Å².